The van der Waals surface area contributed by atoms with Crippen molar-refractivity contribution in [2.75, 3.05) is 7.11 Å². The minimum Gasteiger partial charge on any atom is -0.493 e. The number of aromatic nitrogens is 2. The molecular weight excluding hydrogens is 450 g/mol. The molecule has 0 aliphatic carbocycles. The van der Waals surface area contributed by atoms with Gasteiger partial charge in [-0.05, 0) is 49.2 Å². The number of allylic oxidation sites excluding steroid dienone is 1. The number of ether oxygens (including phenoxy) is 2. The van der Waals surface area contributed by atoms with Crippen LogP contribution in [0.3, 0.4) is 0 Å². The molecule has 2 aromatic carbocycles. The largest absolute Gasteiger partial charge is 0.493 e. The van der Waals surface area contributed by atoms with Crippen molar-refractivity contribution in [2.45, 2.75) is 20.3 Å². The highest BCUT2D eigenvalue weighted by molar-refractivity contribution is 9.10. The summed E-state index contributed by atoms with van der Waals surface area (Å²) in [4.78, 5) is 28.8. The summed E-state index contributed by atoms with van der Waals surface area (Å²) in [5.41, 5.74) is 1.71. The van der Waals surface area contributed by atoms with Gasteiger partial charge in [-0.1, -0.05) is 22.0 Å². The number of aryl methyl sites for hydroxylation is 1. The summed E-state index contributed by atoms with van der Waals surface area (Å²) in [7, 11) is 1.49. The van der Waals surface area contributed by atoms with E-state index < -0.39 is 5.97 Å². The number of benzene rings is 2. The van der Waals surface area contributed by atoms with Gasteiger partial charge in [-0.2, -0.15) is 9.78 Å². The third-order valence-corrected chi connectivity index (χ3v) is 4.77. The summed E-state index contributed by atoms with van der Waals surface area (Å²) >= 11 is 3.38. The maximum absolute atomic E-state index is 12.9. The molecule has 0 spiro atoms. The minimum atomic E-state index is -0.449. The topological polar surface area (TPSA) is 82.8 Å². The predicted octanol–water partition coefficient (Wildman–Crippen LogP) is 4.01. The van der Waals surface area contributed by atoms with Gasteiger partial charge in [0.2, 0.25) is 0 Å². The van der Waals surface area contributed by atoms with E-state index in [1.807, 2.05) is 6.07 Å². The molecule has 0 radical (unpaired) electrons. The van der Waals surface area contributed by atoms with Gasteiger partial charge in [0.25, 0.3) is 5.56 Å². The van der Waals surface area contributed by atoms with Crippen molar-refractivity contribution in [2.24, 2.45) is 5.10 Å². The number of hydrogen-bond acceptors (Lipinski definition) is 6. The van der Waals surface area contributed by atoms with Gasteiger partial charge in [-0.15, -0.1) is 6.58 Å². The molecule has 0 saturated carbocycles. The summed E-state index contributed by atoms with van der Waals surface area (Å²) in [5, 5.41) is 4.80. The van der Waals surface area contributed by atoms with Crippen molar-refractivity contribution in [1.29, 1.82) is 0 Å². The second-order valence-corrected chi connectivity index (χ2v) is 7.40. The highest BCUT2D eigenvalue weighted by Crippen LogP contribution is 2.33. The molecule has 0 aliphatic heterocycles. The summed E-state index contributed by atoms with van der Waals surface area (Å²) in [6.45, 7) is 6.78. The Morgan fingerprint density at radius 2 is 2.10 bits per heavy atom. The zero-order valence-electron chi connectivity index (χ0n) is 16.8. The zero-order valence-corrected chi connectivity index (χ0v) is 18.4. The molecule has 0 saturated heterocycles. The lowest BCUT2D eigenvalue weighted by Crippen LogP contribution is -2.20. The van der Waals surface area contributed by atoms with Gasteiger partial charge in [0.15, 0.2) is 11.5 Å². The lowest BCUT2D eigenvalue weighted by molar-refractivity contribution is -0.132. The number of halogens is 1. The van der Waals surface area contributed by atoms with E-state index in [1.54, 1.807) is 37.3 Å². The van der Waals surface area contributed by atoms with Crippen LogP contribution in [0.1, 0.15) is 23.9 Å². The average molecular weight is 470 g/mol. The maximum atomic E-state index is 12.9. The second-order valence-electron chi connectivity index (χ2n) is 6.48. The number of hydrogen-bond donors (Lipinski definition) is 0. The van der Waals surface area contributed by atoms with Crippen LogP contribution in [0.15, 0.2) is 57.4 Å². The molecule has 3 rings (SSSR count). The van der Waals surface area contributed by atoms with Crippen molar-refractivity contribution in [3.63, 3.8) is 0 Å². The Balaban J connectivity index is 2.10. The van der Waals surface area contributed by atoms with E-state index >= 15 is 0 Å². The van der Waals surface area contributed by atoms with Gasteiger partial charge >= 0.3 is 5.97 Å². The van der Waals surface area contributed by atoms with Crippen LogP contribution in [-0.2, 0) is 11.2 Å². The molecule has 3 aromatic rings. The predicted molar refractivity (Wildman–Crippen MR) is 120 cm³/mol. The standard InChI is InChI=1S/C22H20BrN3O4/c1-5-6-16-9-15(10-20(29-4)21(16)30-14(3)27)12-24-26-13(2)25-19-8-7-17(23)11-18(19)22(26)28/h5,7-12H,1,6H2,2-4H3. The SMILES string of the molecule is C=CCc1cc(C=Nn2c(C)nc3ccc(Br)cc3c2=O)cc(OC)c1OC(C)=O. The first kappa shape index (κ1) is 21.4. The molecule has 0 unspecified atom stereocenters. The molecule has 1 heterocycles. The lowest BCUT2D eigenvalue weighted by atomic mass is 10.1. The average Bonchev–Trinajstić information content (AvgIpc) is 2.70. The Hall–Kier alpha value is -3.26. The van der Waals surface area contributed by atoms with E-state index in [0.717, 1.165) is 4.47 Å². The number of methoxy groups -OCH3 is 1. The van der Waals surface area contributed by atoms with Gasteiger partial charge in [0.1, 0.15) is 5.82 Å². The molecule has 0 N–H and O–H groups in total. The second kappa shape index (κ2) is 9.04. The third-order valence-electron chi connectivity index (χ3n) is 4.28. The van der Waals surface area contributed by atoms with Crippen molar-refractivity contribution in [3.8, 4) is 11.5 Å². The molecule has 1 aromatic heterocycles. The molecule has 7 nitrogen and oxygen atoms in total. The van der Waals surface area contributed by atoms with Gasteiger partial charge < -0.3 is 9.47 Å². The first-order valence-corrected chi connectivity index (χ1v) is 9.86. The first-order chi connectivity index (χ1) is 14.3. The highest BCUT2D eigenvalue weighted by Gasteiger charge is 2.14. The van der Waals surface area contributed by atoms with Gasteiger partial charge in [0.05, 0.1) is 24.2 Å². The van der Waals surface area contributed by atoms with E-state index in [0.29, 0.717) is 45.8 Å². The Labute approximate surface area is 181 Å². The normalized spacial score (nSPS) is 11.1. The Morgan fingerprint density at radius 3 is 2.77 bits per heavy atom. The Bertz CT molecular complexity index is 1230. The van der Waals surface area contributed by atoms with Crippen LogP contribution >= 0.6 is 15.9 Å². The summed E-state index contributed by atoms with van der Waals surface area (Å²) in [5.74, 6) is 0.736. The van der Waals surface area contributed by atoms with E-state index in [-0.39, 0.29) is 5.56 Å². The number of nitrogens with zero attached hydrogens (tertiary/aromatic N) is 3. The Morgan fingerprint density at radius 1 is 1.33 bits per heavy atom. The van der Waals surface area contributed by atoms with Crippen LogP contribution in [0, 0.1) is 6.92 Å². The summed E-state index contributed by atoms with van der Waals surface area (Å²) in [6.07, 6.45) is 3.69. The molecule has 30 heavy (non-hydrogen) atoms. The minimum absolute atomic E-state index is 0.273. The van der Waals surface area contributed by atoms with Crippen LogP contribution in [-0.4, -0.2) is 29.0 Å². The zero-order chi connectivity index (χ0) is 21.8. The molecule has 0 atom stereocenters. The maximum Gasteiger partial charge on any atom is 0.308 e. The van der Waals surface area contributed by atoms with Crippen molar-refractivity contribution in [1.82, 2.24) is 9.66 Å². The van der Waals surface area contributed by atoms with E-state index in [4.69, 9.17) is 9.47 Å². The number of esters is 1. The van der Waals surface area contributed by atoms with Gasteiger partial charge in [-0.25, -0.2) is 4.98 Å². The lowest BCUT2D eigenvalue weighted by Gasteiger charge is -2.13. The van der Waals surface area contributed by atoms with Crippen molar-refractivity contribution >= 4 is 39.0 Å². The van der Waals surface area contributed by atoms with Crippen LogP contribution in [0.25, 0.3) is 10.9 Å². The van der Waals surface area contributed by atoms with Crippen LogP contribution in [0.2, 0.25) is 0 Å². The fourth-order valence-corrected chi connectivity index (χ4v) is 3.36. The Kier molecular flexibility index (Phi) is 6.47. The smallest absolute Gasteiger partial charge is 0.308 e. The fourth-order valence-electron chi connectivity index (χ4n) is 3.00. The first-order valence-electron chi connectivity index (χ1n) is 9.07. The van der Waals surface area contributed by atoms with Crippen LogP contribution < -0.4 is 15.0 Å². The van der Waals surface area contributed by atoms with E-state index in [2.05, 4.69) is 32.6 Å². The number of carbonyl (C=O) groups is 1. The monoisotopic (exact) mass is 469 g/mol. The van der Waals surface area contributed by atoms with Crippen LogP contribution in [0.4, 0.5) is 0 Å². The highest BCUT2D eigenvalue weighted by atomic mass is 79.9. The number of rotatable bonds is 6. The van der Waals surface area contributed by atoms with Crippen LogP contribution in [0.5, 0.6) is 11.5 Å². The summed E-state index contributed by atoms with van der Waals surface area (Å²) in [6, 6.07) is 8.81. The number of fused-ring (bicyclic) bond motifs is 1. The van der Waals surface area contributed by atoms with E-state index in [1.165, 1.54) is 24.9 Å². The van der Waals surface area contributed by atoms with Crippen molar-refractivity contribution < 1.29 is 14.3 Å². The molecule has 8 heteroatoms. The fraction of sp³-hybridized carbons (Fsp3) is 0.182. The summed E-state index contributed by atoms with van der Waals surface area (Å²) < 4.78 is 12.7. The van der Waals surface area contributed by atoms with Crippen molar-refractivity contribution in [3.05, 3.63) is 74.8 Å². The molecule has 0 bridgehead atoms. The quantitative estimate of drug-likeness (QED) is 0.235. The molecule has 154 valence electrons. The molecular formula is C22H20BrN3O4. The molecule has 0 fully saturated rings. The van der Waals surface area contributed by atoms with Gasteiger partial charge in [0, 0.05) is 17.0 Å². The van der Waals surface area contributed by atoms with E-state index in [9.17, 15) is 9.59 Å². The molecule has 0 amide bonds. The molecule has 0 aliphatic rings. The number of carbonyl (C=O) groups excluding carboxylic acids is 1. The van der Waals surface area contributed by atoms with Gasteiger partial charge in [-0.3, -0.25) is 9.59 Å². The third kappa shape index (κ3) is 4.49.